The third-order valence-electron chi connectivity index (χ3n) is 7.07. The van der Waals surface area contributed by atoms with Gasteiger partial charge in [0.05, 0.1) is 29.7 Å². The van der Waals surface area contributed by atoms with Gasteiger partial charge in [0.15, 0.2) is 0 Å². The van der Waals surface area contributed by atoms with Gasteiger partial charge in [0.2, 0.25) is 0 Å². The molecule has 39 heavy (non-hydrogen) atoms. The average Bonchev–Trinajstić information content (AvgIpc) is 3.28. The first-order valence-corrected chi connectivity index (χ1v) is 13.8. The number of ketones is 1. The van der Waals surface area contributed by atoms with E-state index >= 15 is 0 Å². The molecular weight excluding hydrogens is 533 g/mol. The molecule has 1 aromatic heterocycles. The molecule has 0 amide bonds. The number of hydrogen-bond acceptors (Lipinski definition) is 8. The summed E-state index contributed by atoms with van der Waals surface area (Å²) in [6.45, 7) is 8.29. The van der Waals surface area contributed by atoms with Crippen molar-refractivity contribution in [2.75, 3.05) is 7.05 Å². The van der Waals surface area contributed by atoms with Gasteiger partial charge in [-0.25, -0.2) is 4.98 Å². The number of esters is 1. The number of hydrogen-bond donors (Lipinski definition) is 3. The minimum atomic E-state index is -4.62. The number of rotatable bonds is 4. The van der Waals surface area contributed by atoms with E-state index in [0.717, 1.165) is 11.1 Å². The number of carbonyl (C=O) groups excluding carboxylic acids is 2. The second kappa shape index (κ2) is 13.8. The summed E-state index contributed by atoms with van der Waals surface area (Å²) in [7, 11) is 1.78. The fourth-order valence-corrected chi connectivity index (χ4v) is 5.11. The summed E-state index contributed by atoms with van der Waals surface area (Å²) in [5, 5.41) is 27.1. The van der Waals surface area contributed by atoms with Crippen molar-refractivity contribution in [2.45, 2.75) is 84.9 Å². The molecule has 3 unspecified atom stereocenters. The van der Waals surface area contributed by atoms with Crippen molar-refractivity contribution in [3.63, 3.8) is 0 Å². The summed E-state index contributed by atoms with van der Waals surface area (Å²) >= 11 is 1.42. The molecule has 0 aliphatic carbocycles. The van der Waals surface area contributed by atoms with Crippen LogP contribution in [0.4, 0.5) is 13.2 Å². The van der Waals surface area contributed by atoms with Gasteiger partial charge in [-0.1, -0.05) is 45.9 Å². The molecule has 0 saturated carbocycles. The highest BCUT2D eigenvalue weighted by molar-refractivity contribution is 7.09. The fourth-order valence-electron chi connectivity index (χ4n) is 4.35. The van der Waals surface area contributed by atoms with Crippen LogP contribution in [0.1, 0.15) is 64.6 Å². The fraction of sp³-hybridized carbons (Fsp3) is 0.607. The molecule has 2 rings (SSSR count). The second-order valence-corrected chi connectivity index (χ2v) is 11.5. The van der Waals surface area contributed by atoms with Gasteiger partial charge in [-0.05, 0) is 32.0 Å². The number of allylic oxidation sites excluding steroid dienone is 2. The third kappa shape index (κ3) is 9.09. The zero-order valence-corrected chi connectivity index (χ0v) is 24.0. The maximum atomic E-state index is 13.8. The van der Waals surface area contributed by atoms with E-state index < -0.39 is 71.9 Å². The molecule has 0 aromatic carbocycles. The van der Waals surface area contributed by atoms with Crippen LogP contribution in [0.25, 0.3) is 6.08 Å². The van der Waals surface area contributed by atoms with Crippen LogP contribution in [0.3, 0.4) is 0 Å². The minimum Gasteiger partial charge on any atom is -0.457 e. The first-order valence-electron chi connectivity index (χ1n) is 12.9. The lowest BCUT2D eigenvalue weighted by molar-refractivity contribution is -0.154. The Morgan fingerprint density at radius 1 is 1.28 bits per heavy atom. The molecule has 0 radical (unpaired) electrons. The Bertz CT molecular complexity index is 1090. The molecule has 1 aliphatic rings. The predicted molar refractivity (Wildman–Crippen MR) is 145 cm³/mol. The average molecular weight is 573 g/mol. The highest BCUT2D eigenvalue weighted by atomic mass is 32.1. The number of cyclic esters (lactones) is 1. The maximum absolute atomic E-state index is 13.8. The monoisotopic (exact) mass is 572 g/mol. The number of aromatic nitrogens is 1. The third-order valence-corrected chi connectivity index (χ3v) is 7.93. The Morgan fingerprint density at radius 2 is 1.95 bits per heavy atom. The molecule has 1 aliphatic heterocycles. The van der Waals surface area contributed by atoms with Crippen LogP contribution in [0.15, 0.2) is 34.8 Å². The minimum absolute atomic E-state index is 0.252. The molecule has 3 N–H and O–H groups in total. The maximum Gasteiger partial charge on any atom is 0.412 e. The van der Waals surface area contributed by atoms with Crippen LogP contribution in [0.5, 0.6) is 0 Å². The van der Waals surface area contributed by atoms with Gasteiger partial charge in [-0.2, -0.15) is 13.2 Å². The van der Waals surface area contributed by atoms with Gasteiger partial charge in [0, 0.05) is 35.8 Å². The van der Waals surface area contributed by atoms with Crippen LogP contribution < -0.4 is 5.32 Å². The second-order valence-electron chi connectivity index (χ2n) is 10.6. The van der Waals surface area contributed by atoms with Gasteiger partial charge >= 0.3 is 12.1 Å². The molecule has 0 saturated heterocycles. The smallest absolute Gasteiger partial charge is 0.412 e. The van der Waals surface area contributed by atoms with Gasteiger partial charge in [0.1, 0.15) is 16.9 Å². The van der Waals surface area contributed by atoms with Gasteiger partial charge in [-0.3, -0.25) is 9.59 Å². The van der Waals surface area contributed by atoms with Crippen molar-refractivity contribution < 1.29 is 37.7 Å². The SMILES string of the molecule is CNCc1nc(/C=C(\C)C2C/C=C(/C(F)(F)F)C/C=C/C(C)[C@H](O)C(C)C(=O)C(C)(C)[C@@H](O)CC(=O)O2)cs1. The van der Waals surface area contributed by atoms with Crippen LogP contribution in [0, 0.1) is 17.3 Å². The van der Waals surface area contributed by atoms with E-state index in [2.05, 4.69) is 10.3 Å². The van der Waals surface area contributed by atoms with Crippen LogP contribution in [-0.2, 0) is 20.9 Å². The number of ether oxygens (including phenoxy) is 1. The molecule has 0 spiro atoms. The molecule has 0 fully saturated rings. The molecule has 11 heteroatoms. The van der Waals surface area contributed by atoms with Crippen molar-refractivity contribution in [1.82, 2.24) is 10.3 Å². The van der Waals surface area contributed by atoms with Crippen LogP contribution >= 0.6 is 11.3 Å². The number of carbonyl (C=O) groups is 2. The van der Waals surface area contributed by atoms with E-state index in [0.29, 0.717) is 17.8 Å². The summed E-state index contributed by atoms with van der Waals surface area (Å²) in [6, 6.07) is 0. The number of nitrogens with zero attached hydrogens (tertiary/aromatic N) is 1. The van der Waals surface area contributed by atoms with Crippen molar-refractivity contribution in [2.24, 2.45) is 17.3 Å². The van der Waals surface area contributed by atoms with Crippen molar-refractivity contribution in [3.8, 4) is 0 Å². The molecule has 7 nitrogen and oxygen atoms in total. The molecule has 1 aromatic rings. The summed E-state index contributed by atoms with van der Waals surface area (Å²) < 4.78 is 47.0. The molecule has 5 atom stereocenters. The first kappa shape index (κ1) is 32.9. The van der Waals surface area contributed by atoms with E-state index in [-0.39, 0.29) is 6.42 Å². The summed E-state index contributed by atoms with van der Waals surface area (Å²) in [5.74, 6) is -2.87. The highest BCUT2D eigenvalue weighted by Crippen LogP contribution is 2.33. The van der Waals surface area contributed by atoms with Gasteiger partial charge in [0.25, 0.3) is 0 Å². The lowest BCUT2D eigenvalue weighted by Gasteiger charge is -2.34. The van der Waals surface area contributed by atoms with E-state index in [1.165, 1.54) is 44.3 Å². The normalized spacial score (nSPS) is 30.4. The summed E-state index contributed by atoms with van der Waals surface area (Å²) in [6.07, 6.45) is -4.09. The number of alkyl halides is 3. The van der Waals surface area contributed by atoms with Crippen molar-refractivity contribution in [1.29, 1.82) is 0 Å². The van der Waals surface area contributed by atoms with Gasteiger partial charge in [-0.15, -0.1) is 11.3 Å². The van der Waals surface area contributed by atoms with Crippen LogP contribution in [-0.4, -0.2) is 58.5 Å². The predicted octanol–water partition coefficient (Wildman–Crippen LogP) is 5.00. The summed E-state index contributed by atoms with van der Waals surface area (Å²) in [4.78, 5) is 30.5. The zero-order chi connectivity index (χ0) is 29.5. The Balaban J connectivity index is 2.49. The van der Waals surface area contributed by atoms with Gasteiger partial charge < -0.3 is 20.3 Å². The first-order chi connectivity index (χ1) is 18.1. The quantitative estimate of drug-likeness (QED) is 0.344. The Morgan fingerprint density at radius 3 is 2.56 bits per heavy atom. The number of aliphatic hydroxyl groups excluding tert-OH is 2. The van der Waals surface area contributed by atoms with Crippen LogP contribution in [0.2, 0.25) is 0 Å². The number of thiazole rings is 1. The van der Waals surface area contributed by atoms with E-state index in [4.69, 9.17) is 4.74 Å². The van der Waals surface area contributed by atoms with E-state index in [9.17, 15) is 33.0 Å². The molecule has 218 valence electrons. The lowest BCUT2D eigenvalue weighted by atomic mass is 9.73. The number of halogens is 3. The zero-order valence-electron chi connectivity index (χ0n) is 23.2. The molecule has 0 bridgehead atoms. The summed E-state index contributed by atoms with van der Waals surface area (Å²) in [5.41, 5.74) is -1.14. The Hall–Kier alpha value is -2.34. The van der Waals surface area contributed by atoms with E-state index in [1.54, 1.807) is 32.4 Å². The highest BCUT2D eigenvalue weighted by Gasteiger charge is 2.42. The number of nitrogens with one attached hydrogen (secondary N) is 1. The standard InChI is InChI=1S/C28H39F3N2O5S/c1-16-8-7-9-19(28(29,30)31)10-11-21(17(2)12-20-15-39-23(33-20)14-32-6)38-24(35)13-22(34)27(4,5)26(37)18(3)25(16)36/h7-8,10,12,15-16,18,21-22,25,32,34,36H,9,11,13-14H2,1-6H3/b8-7+,17-12+,19-10+/t16?,18?,21?,22-,25-/m0/s1. The number of aliphatic hydroxyl groups is 2. The topological polar surface area (TPSA) is 109 Å². The molecule has 2 heterocycles. The van der Waals surface area contributed by atoms with Crippen molar-refractivity contribution >= 4 is 29.2 Å². The van der Waals surface area contributed by atoms with Crippen molar-refractivity contribution in [3.05, 3.63) is 45.5 Å². The number of Topliss-reactive ketones (excluding diaryl/α,β-unsaturated/α-hetero) is 1. The molecular formula is C28H39F3N2O5S. The largest absolute Gasteiger partial charge is 0.457 e. The lowest BCUT2D eigenvalue weighted by Crippen LogP contribution is -2.45. The Kier molecular flexibility index (Phi) is 11.7. The Labute approximate surface area is 231 Å². The van der Waals surface area contributed by atoms with E-state index in [1.807, 2.05) is 0 Å².